The Morgan fingerprint density at radius 1 is 1.47 bits per heavy atom. The molecule has 0 aliphatic carbocycles. The molecule has 88 valence electrons. The van der Waals surface area contributed by atoms with Crippen molar-refractivity contribution >= 4 is 34.3 Å². The lowest BCUT2D eigenvalue weighted by atomic mass is 10.1. The maximum absolute atomic E-state index is 11.8. The molecule has 2 rings (SSSR count). The third-order valence-electron chi connectivity index (χ3n) is 2.24. The van der Waals surface area contributed by atoms with E-state index in [-0.39, 0.29) is 17.3 Å². The number of carbonyl (C=O) groups excluding carboxylic acids is 2. The van der Waals surface area contributed by atoms with Crippen LogP contribution in [0.2, 0.25) is 5.15 Å². The molecule has 2 aromatic rings. The number of rotatable bonds is 3. The molecule has 5 nitrogen and oxygen atoms in total. The smallest absolute Gasteiger partial charge is 0.379 e. The van der Waals surface area contributed by atoms with E-state index in [0.717, 1.165) is 0 Å². The second-order valence-electron chi connectivity index (χ2n) is 3.29. The number of ketones is 1. The highest BCUT2D eigenvalue weighted by atomic mass is 35.5. The zero-order valence-electron chi connectivity index (χ0n) is 8.99. The average molecular weight is 253 g/mol. The van der Waals surface area contributed by atoms with Gasteiger partial charge in [0.25, 0.3) is 5.78 Å². The van der Waals surface area contributed by atoms with Gasteiger partial charge in [0.2, 0.25) is 0 Å². The number of hydrogen-bond donors (Lipinski definition) is 1. The van der Waals surface area contributed by atoms with Crippen molar-refractivity contribution in [3.63, 3.8) is 0 Å². The fraction of sp³-hybridized carbons (Fsp3) is 0.182. The zero-order valence-corrected chi connectivity index (χ0v) is 9.75. The Morgan fingerprint density at radius 3 is 2.94 bits per heavy atom. The quantitative estimate of drug-likeness (QED) is 0.515. The number of halogens is 1. The standard InChI is InChI=1S/C11H9ClN2O3/c1-2-17-11(16)9(15)6-4-3-5-7-8(6)10(12)14-13-7/h3-5H,2H2,1H3,(H,13,14). The van der Waals surface area contributed by atoms with E-state index in [1.807, 2.05) is 0 Å². The van der Waals surface area contributed by atoms with Crippen LogP contribution in [0.15, 0.2) is 18.2 Å². The Balaban J connectivity index is 2.51. The summed E-state index contributed by atoms with van der Waals surface area (Å²) in [5, 5.41) is 7.13. The first-order valence-electron chi connectivity index (χ1n) is 4.99. The fourth-order valence-electron chi connectivity index (χ4n) is 1.52. The maximum atomic E-state index is 11.8. The third-order valence-corrected chi connectivity index (χ3v) is 2.52. The molecular formula is C11H9ClN2O3. The predicted octanol–water partition coefficient (Wildman–Crippen LogP) is 1.96. The van der Waals surface area contributed by atoms with Gasteiger partial charge >= 0.3 is 5.97 Å². The van der Waals surface area contributed by atoms with Crippen molar-refractivity contribution in [3.8, 4) is 0 Å². The van der Waals surface area contributed by atoms with E-state index in [9.17, 15) is 9.59 Å². The van der Waals surface area contributed by atoms with Gasteiger partial charge in [-0.25, -0.2) is 4.79 Å². The predicted molar refractivity (Wildman–Crippen MR) is 62.1 cm³/mol. The number of Topliss-reactive ketones (excluding diaryl/α,β-unsaturated/α-hetero) is 1. The lowest BCUT2D eigenvalue weighted by Gasteiger charge is -2.02. The second-order valence-corrected chi connectivity index (χ2v) is 3.66. The van der Waals surface area contributed by atoms with Crippen LogP contribution in [0.5, 0.6) is 0 Å². The van der Waals surface area contributed by atoms with Crippen LogP contribution in [-0.4, -0.2) is 28.6 Å². The van der Waals surface area contributed by atoms with Crippen LogP contribution < -0.4 is 0 Å². The van der Waals surface area contributed by atoms with Crippen LogP contribution in [0.3, 0.4) is 0 Å². The molecule has 0 aliphatic rings. The number of esters is 1. The topological polar surface area (TPSA) is 72.1 Å². The lowest BCUT2D eigenvalue weighted by molar-refractivity contribution is -0.137. The molecule has 0 amide bonds. The fourth-order valence-corrected chi connectivity index (χ4v) is 1.77. The first-order chi connectivity index (χ1) is 8.15. The van der Waals surface area contributed by atoms with E-state index in [1.165, 1.54) is 6.07 Å². The average Bonchev–Trinajstić information content (AvgIpc) is 2.71. The number of nitrogens with one attached hydrogen (secondary N) is 1. The summed E-state index contributed by atoms with van der Waals surface area (Å²) in [6.45, 7) is 1.79. The van der Waals surface area contributed by atoms with Crippen LogP contribution in [-0.2, 0) is 9.53 Å². The number of nitrogens with zero attached hydrogens (tertiary/aromatic N) is 1. The SMILES string of the molecule is CCOC(=O)C(=O)c1cccc2n[nH]c(Cl)c12. The van der Waals surface area contributed by atoms with Gasteiger partial charge in [0.15, 0.2) is 0 Å². The van der Waals surface area contributed by atoms with Gasteiger partial charge in [-0.2, -0.15) is 5.10 Å². The van der Waals surface area contributed by atoms with Crippen LogP contribution in [0, 0.1) is 0 Å². The van der Waals surface area contributed by atoms with Crippen molar-refractivity contribution in [1.29, 1.82) is 0 Å². The minimum Gasteiger partial charge on any atom is -0.460 e. The van der Waals surface area contributed by atoms with E-state index in [4.69, 9.17) is 11.6 Å². The molecule has 0 saturated heterocycles. The maximum Gasteiger partial charge on any atom is 0.379 e. The normalized spacial score (nSPS) is 10.5. The number of H-pyrrole nitrogens is 1. The Bertz CT molecular complexity index is 591. The Kier molecular flexibility index (Phi) is 3.10. The molecule has 0 aliphatic heterocycles. The first kappa shape index (κ1) is 11.6. The van der Waals surface area contributed by atoms with Crippen LogP contribution in [0.1, 0.15) is 17.3 Å². The van der Waals surface area contributed by atoms with Crippen molar-refractivity contribution in [1.82, 2.24) is 10.2 Å². The molecule has 17 heavy (non-hydrogen) atoms. The zero-order chi connectivity index (χ0) is 12.4. The molecule has 1 heterocycles. The Hall–Kier alpha value is -1.88. The molecule has 0 fully saturated rings. The van der Waals surface area contributed by atoms with E-state index < -0.39 is 11.8 Å². The molecule has 0 unspecified atom stereocenters. The number of carbonyl (C=O) groups is 2. The summed E-state index contributed by atoms with van der Waals surface area (Å²) in [5.74, 6) is -1.61. The third kappa shape index (κ3) is 2.01. The highest BCUT2D eigenvalue weighted by molar-refractivity contribution is 6.45. The Morgan fingerprint density at radius 2 is 2.24 bits per heavy atom. The van der Waals surface area contributed by atoms with Gasteiger partial charge in [-0.15, -0.1) is 0 Å². The van der Waals surface area contributed by atoms with Crippen molar-refractivity contribution < 1.29 is 14.3 Å². The van der Waals surface area contributed by atoms with Crippen molar-refractivity contribution in [2.24, 2.45) is 0 Å². The molecular weight excluding hydrogens is 244 g/mol. The molecule has 0 atom stereocenters. The van der Waals surface area contributed by atoms with Gasteiger partial charge in [-0.1, -0.05) is 17.7 Å². The largest absolute Gasteiger partial charge is 0.460 e. The van der Waals surface area contributed by atoms with Gasteiger partial charge in [0.05, 0.1) is 17.5 Å². The van der Waals surface area contributed by atoms with Crippen LogP contribution in [0.25, 0.3) is 10.9 Å². The van der Waals surface area contributed by atoms with Crippen molar-refractivity contribution in [2.75, 3.05) is 6.61 Å². The van der Waals surface area contributed by atoms with Gasteiger partial charge in [0, 0.05) is 5.56 Å². The number of ether oxygens (including phenoxy) is 1. The summed E-state index contributed by atoms with van der Waals surface area (Å²) in [4.78, 5) is 23.2. The summed E-state index contributed by atoms with van der Waals surface area (Å²) < 4.78 is 4.66. The van der Waals surface area contributed by atoms with Gasteiger partial charge in [-0.3, -0.25) is 9.89 Å². The molecule has 0 bridgehead atoms. The molecule has 1 aromatic carbocycles. The highest BCUT2D eigenvalue weighted by Crippen LogP contribution is 2.24. The number of aromatic nitrogens is 2. The van der Waals surface area contributed by atoms with Gasteiger partial charge in [0.1, 0.15) is 5.15 Å². The summed E-state index contributed by atoms with van der Waals surface area (Å²) in [6, 6.07) is 4.84. The van der Waals surface area contributed by atoms with Crippen LogP contribution >= 0.6 is 11.6 Å². The number of benzene rings is 1. The monoisotopic (exact) mass is 252 g/mol. The molecule has 1 aromatic heterocycles. The van der Waals surface area contributed by atoms with Crippen LogP contribution in [0.4, 0.5) is 0 Å². The van der Waals surface area contributed by atoms with E-state index in [2.05, 4.69) is 14.9 Å². The molecule has 0 radical (unpaired) electrons. The number of hydrogen-bond acceptors (Lipinski definition) is 4. The Labute approximate surface area is 102 Å². The summed E-state index contributed by atoms with van der Waals surface area (Å²) >= 11 is 5.88. The molecule has 0 spiro atoms. The number of aromatic amines is 1. The van der Waals surface area contributed by atoms with Gasteiger partial charge in [-0.05, 0) is 19.1 Å². The van der Waals surface area contributed by atoms with E-state index >= 15 is 0 Å². The summed E-state index contributed by atoms with van der Waals surface area (Å²) in [7, 11) is 0. The second kappa shape index (κ2) is 4.55. The highest BCUT2D eigenvalue weighted by Gasteiger charge is 2.21. The molecule has 6 heteroatoms. The van der Waals surface area contributed by atoms with Crippen molar-refractivity contribution in [3.05, 3.63) is 28.9 Å². The van der Waals surface area contributed by atoms with E-state index in [0.29, 0.717) is 10.9 Å². The van der Waals surface area contributed by atoms with Gasteiger partial charge < -0.3 is 4.74 Å². The molecule has 1 N–H and O–H groups in total. The van der Waals surface area contributed by atoms with E-state index in [1.54, 1.807) is 19.1 Å². The minimum atomic E-state index is -0.891. The lowest BCUT2D eigenvalue weighted by Crippen LogP contribution is -2.17. The summed E-state index contributed by atoms with van der Waals surface area (Å²) in [6.07, 6.45) is 0. The van der Waals surface area contributed by atoms with Crippen molar-refractivity contribution in [2.45, 2.75) is 6.92 Å². The summed E-state index contributed by atoms with van der Waals surface area (Å²) in [5.41, 5.74) is 0.727. The number of fused-ring (bicyclic) bond motifs is 1. The minimum absolute atomic E-state index is 0.152. The first-order valence-corrected chi connectivity index (χ1v) is 5.37. The molecule has 0 saturated carbocycles.